The van der Waals surface area contributed by atoms with Crippen molar-refractivity contribution in [1.82, 2.24) is 9.80 Å². The molecular formula is C11H18Br2N2O3. The van der Waals surface area contributed by atoms with Gasteiger partial charge in [0.25, 0.3) is 0 Å². The average molecular weight is 386 g/mol. The summed E-state index contributed by atoms with van der Waals surface area (Å²) in [5.41, 5.74) is 0. The number of rotatable bonds is 6. The van der Waals surface area contributed by atoms with E-state index in [2.05, 4.69) is 31.9 Å². The Morgan fingerprint density at radius 2 is 1.33 bits per heavy atom. The van der Waals surface area contributed by atoms with Gasteiger partial charge in [-0.05, 0) is 0 Å². The third kappa shape index (κ3) is 2.96. The van der Waals surface area contributed by atoms with Crippen molar-refractivity contribution in [2.24, 2.45) is 0 Å². The number of alkyl halides is 2. The van der Waals surface area contributed by atoms with Crippen LogP contribution in [-0.2, 0) is 4.79 Å². The van der Waals surface area contributed by atoms with Gasteiger partial charge in [0.2, 0.25) is 0 Å². The summed E-state index contributed by atoms with van der Waals surface area (Å²) >= 11 is 6.77. The molecule has 0 aromatic rings. The minimum atomic E-state index is -0.299. The number of ketones is 1. The number of likely N-dealkylation sites (tertiary alicyclic amines) is 2. The molecule has 2 atom stereocenters. The molecule has 2 rings (SSSR count). The van der Waals surface area contributed by atoms with Crippen molar-refractivity contribution in [2.45, 2.75) is 24.3 Å². The molecule has 2 heterocycles. The summed E-state index contributed by atoms with van der Waals surface area (Å²) in [5.74, 6) is 0.155. The van der Waals surface area contributed by atoms with E-state index in [1.54, 1.807) is 0 Å². The molecule has 2 fully saturated rings. The predicted octanol–water partition coefficient (Wildman–Crippen LogP) is -0.565. The number of β-amino-alcohol motifs (C(OH)–C–C–N with tert-alkyl or cyclic N) is 2. The van der Waals surface area contributed by atoms with Crippen LogP contribution in [0.15, 0.2) is 0 Å². The fourth-order valence-corrected chi connectivity index (χ4v) is 3.87. The van der Waals surface area contributed by atoms with E-state index in [1.165, 1.54) is 0 Å². The minimum Gasteiger partial charge on any atom is -0.390 e. The van der Waals surface area contributed by atoms with Gasteiger partial charge in [-0.1, -0.05) is 31.9 Å². The van der Waals surface area contributed by atoms with Crippen molar-refractivity contribution in [1.29, 1.82) is 0 Å². The van der Waals surface area contributed by atoms with Crippen LogP contribution in [0.2, 0.25) is 0 Å². The number of carbonyl (C=O) groups is 1. The maximum Gasteiger partial charge on any atom is 0.168 e. The van der Waals surface area contributed by atoms with Crippen molar-refractivity contribution >= 4 is 37.6 Å². The highest BCUT2D eigenvalue weighted by molar-refractivity contribution is 9.09. The Bertz CT molecular complexity index is 279. The second kappa shape index (κ2) is 6.28. The molecule has 0 aliphatic carbocycles. The van der Waals surface area contributed by atoms with Gasteiger partial charge in [-0.15, -0.1) is 0 Å². The molecule has 0 radical (unpaired) electrons. The molecule has 2 aliphatic rings. The zero-order valence-electron chi connectivity index (χ0n) is 10.0. The molecule has 18 heavy (non-hydrogen) atoms. The zero-order chi connectivity index (χ0) is 13.3. The van der Waals surface area contributed by atoms with Gasteiger partial charge in [0.05, 0.1) is 24.3 Å². The maximum absolute atomic E-state index is 12.5. The third-order valence-electron chi connectivity index (χ3n) is 3.61. The Kier molecular flexibility index (Phi) is 5.19. The lowest BCUT2D eigenvalue weighted by molar-refractivity contribution is -0.136. The molecule has 0 aromatic heterocycles. The third-order valence-corrected chi connectivity index (χ3v) is 4.84. The van der Waals surface area contributed by atoms with E-state index in [-0.39, 0.29) is 30.1 Å². The molecule has 104 valence electrons. The second-order valence-electron chi connectivity index (χ2n) is 4.96. The molecule has 2 N–H and O–H groups in total. The molecule has 2 unspecified atom stereocenters. The summed E-state index contributed by atoms with van der Waals surface area (Å²) in [4.78, 5) is 16.5. The minimum absolute atomic E-state index is 0.155. The molecule has 2 saturated heterocycles. The number of halogens is 2. The van der Waals surface area contributed by atoms with Crippen LogP contribution in [0.5, 0.6) is 0 Å². The molecule has 2 aliphatic heterocycles. The van der Waals surface area contributed by atoms with Crippen molar-refractivity contribution in [3.63, 3.8) is 0 Å². The smallest absolute Gasteiger partial charge is 0.168 e. The number of hydrogen-bond donors (Lipinski definition) is 2. The Labute approximate surface area is 123 Å². The molecule has 0 aromatic carbocycles. The molecule has 0 amide bonds. The Hall–Kier alpha value is 0.470. The SMILES string of the molecule is O=C(C(CBr)N1CC(O)C1)C(CBr)N1CC(O)C1. The number of carbonyl (C=O) groups excluding carboxylic acids is 1. The molecule has 5 nitrogen and oxygen atoms in total. The predicted molar refractivity (Wildman–Crippen MR) is 75.3 cm³/mol. The standard InChI is InChI=1S/C11H18Br2N2O3/c12-1-9(14-3-7(16)4-14)11(18)10(2-13)15-5-8(17)6-15/h7-10,16-17H,1-6H2. The highest BCUT2D eigenvalue weighted by Crippen LogP contribution is 2.21. The van der Waals surface area contributed by atoms with Crippen molar-refractivity contribution in [3.8, 4) is 0 Å². The average Bonchev–Trinajstić information content (AvgIpc) is 2.26. The van der Waals surface area contributed by atoms with Crippen LogP contribution in [0, 0.1) is 0 Å². The number of nitrogens with zero attached hydrogens (tertiary/aromatic N) is 2. The molecule has 7 heteroatoms. The first-order valence-electron chi connectivity index (χ1n) is 6.06. The van der Waals surface area contributed by atoms with E-state index in [0.717, 1.165) is 0 Å². The largest absolute Gasteiger partial charge is 0.390 e. The van der Waals surface area contributed by atoms with Gasteiger partial charge in [-0.25, -0.2) is 0 Å². The van der Waals surface area contributed by atoms with E-state index in [4.69, 9.17) is 0 Å². The van der Waals surface area contributed by atoms with Crippen LogP contribution >= 0.6 is 31.9 Å². The van der Waals surface area contributed by atoms with Crippen molar-refractivity contribution < 1.29 is 15.0 Å². The summed E-state index contributed by atoms with van der Waals surface area (Å²) in [6.45, 7) is 2.28. The monoisotopic (exact) mass is 384 g/mol. The fourth-order valence-electron chi connectivity index (χ4n) is 2.41. The molecular weight excluding hydrogens is 368 g/mol. The highest BCUT2D eigenvalue weighted by Gasteiger charge is 2.41. The van der Waals surface area contributed by atoms with Crippen LogP contribution in [0.25, 0.3) is 0 Å². The lowest BCUT2D eigenvalue weighted by Gasteiger charge is -2.45. The highest BCUT2D eigenvalue weighted by atomic mass is 79.9. The lowest BCUT2D eigenvalue weighted by Crippen LogP contribution is -2.64. The lowest BCUT2D eigenvalue weighted by atomic mass is 9.98. The van der Waals surface area contributed by atoms with E-state index in [0.29, 0.717) is 36.8 Å². The van der Waals surface area contributed by atoms with Crippen molar-refractivity contribution in [3.05, 3.63) is 0 Å². The Morgan fingerprint density at radius 3 is 1.56 bits per heavy atom. The van der Waals surface area contributed by atoms with Gasteiger partial charge in [-0.3, -0.25) is 14.6 Å². The number of Topliss-reactive ketones (excluding diaryl/α,β-unsaturated/α-hetero) is 1. The Morgan fingerprint density at radius 1 is 1.00 bits per heavy atom. The summed E-state index contributed by atoms with van der Waals surface area (Å²) in [7, 11) is 0. The first-order valence-corrected chi connectivity index (χ1v) is 8.31. The zero-order valence-corrected chi connectivity index (χ0v) is 13.2. The second-order valence-corrected chi connectivity index (χ2v) is 6.25. The summed E-state index contributed by atoms with van der Waals surface area (Å²) in [5, 5.41) is 19.8. The first kappa shape index (κ1) is 14.9. The van der Waals surface area contributed by atoms with E-state index in [9.17, 15) is 15.0 Å². The van der Waals surface area contributed by atoms with Gasteiger partial charge in [0, 0.05) is 36.8 Å². The molecule has 0 saturated carbocycles. The number of aliphatic hydroxyl groups excluding tert-OH is 2. The van der Waals surface area contributed by atoms with E-state index in [1.807, 2.05) is 9.80 Å². The van der Waals surface area contributed by atoms with Gasteiger partial charge in [0.15, 0.2) is 5.78 Å². The molecule has 0 bridgehead atoms. The Balaban J connectivity index is 1.94. The van der Waals surface area contributed by atoms with Crippen LogP contribution in [0.3, 0.4) is 0 Å². The normalized spacial score (nSPS) is 26.4. The summed E-state index contributed by atoms with van der Waals surface area (Å²) in [6, 6.07) is -0.373. The van der Waals surface area contributed by atoms with Gasteiger partial charge >= 0.3 is 0 Å². The van der Waals surface area contributed by atoms with E-state index < -0.39 is 0 Å². The molecule has 0 spiro atoms. The number of hydrogen-bond acceptors (Lipinski definition) is 5. The topological polar surface area (TPSA) is 64.0 Å². The van der Waals surface area contributed by atoms with Gasteiger partial charge in [0.1, 0.15) is 0 Å². The van der Waals surface area contributed by atoms with Gasteiger partial charge in [-0.2, -0.15) is 0 Å². The van der Waals surface area contributed by atoms with Gasteiger partial charge < -0.3 is 10.2 Å². The van der Waals surface area contributed by atoms with E-state index >= 15 is 0 Å². The van der Waals surface area contributed by atoms with Crippen LogP contribution in [0.4, 0.5) is 0 Å². The van der Waals surface area contributed by atoms with Crippen LogP contribution in [0.1, 0.15) is 0 Å². The quantitative estimate of drug-likeness (QED) is 0.600. The summed E-state index contributed by atoms with van der Waals surface area (Å²) in [6.07, 6.45) is -0.597. The maximum atomic E-state index is 12.5. The first-order chi connectivity index (χ1) is 8.56. The van der Waals surface area contributed by atoms with Crippen LogP contribution in [-0.4, -0.2) is 86.9 Å². The van der Waals surface area contributed by atoms with Crippen LogP contribution < -0.4 is 0 Å². The fraction of sp³-hybridized carbons (Fsp3) is 0.909. The number of aliphatic hydroxyl groups is 2. The summed E-state index contributed by atoms with van der Waals surface area (Å²) < 4.78 is 0. The van der Waals surface area contributed by atoms with Crippen molar-refractivity contribution in [2.75, 3.05) is 36.8 Å².